The molecule has 1 fully saturated rings. The van der Waals surface area contributed by atoms with Crippen molar-refractivity contribution in [3.05, 3.63) is 18.3 Å². The van der Waals surface area contributed by atoms with Crippen LogP contribution in [0.25, 0.3) is 0 Å². The lowest BCUT2D eigenvalue weighted by molar-refractivity contribution is 0.211. The molecule has 1 saturated heterocycles. The molecule has 2 heterocycles. The third kappa shape index (κ3) is 4.39. The fourth-order valence-electron chi connectivity index (χ4n) is 2.67. The molecule has 118 valence electrons. The van der Waals surface area contributed by atoms with Gasteiger partial charge in [-0.3, -0.25) is 0 Å². The molecule has 7 heteroatoms. The van der Waals surface area contributed by atoms with E-state index in [-0.39, 0.29) is 5.03 Å². The van der Waals surface area contributed by atoms with E-state index in [9.17, 15) is 8.42 Å². The molecule has 1 aliphatic heterocycles. The lowest BCUT2D eigenvalue weighted by Gasteiger charge is -2.29. The summed E-state index contributed by atoms with van der Waals surface area (Å²) in [6, 6.07) is 3.46. The van der Waals surface area contributed by atoms with Crippen LogP contribution in [0.15, 0.2) is 23.4 Å². The Kier molecular flexibility index (Phi) is 5.55. The summed E-state index contributed by atoms with van der Waals surface area (Å²) in [5.41, 5.74) is 0.549. The highest BCUT2D eigenvalue weighted by Gasteiger charge is 2.23. The zero-order chi connectivity index (χ0) is 15.3. The van der Waals surface area contributed by atoms with E-state index in [4.69, 9.17) is 0 Å². The van der Waals surface area contributed by atoms with Crippen molar-refractivity contribution in [1.82, 2.24) is 14.6 Å². The van der Waals surface area contributed by atoms with Crippen LogP contribution < -0.4 is 10.0 Å². The predicted molar refractivity (Wildman–Crippen MR) is 83.8 cm³/mol. The number of rotatable bonds is 6. The van der Waals surface area contributed by atoms with E-state index in [2.05, 4.69) is 27.0 Å². The summed E-state index contributed by atoms with van der Waals surface area (Å²) < 4.78 is 27.6. The Morgan fingerprint density at radius 2 is 2.29 bits per heavy atom. The summed E-state index contributed by atoms with van der Waals surface area (Å²) in [7, 11) is -1.50. The first-order valence-electron chi connectivity index (χ1n) is 7.40. The van der Waals surface area contributed by atoms with E-state index < -0.39 is 10.0 Å². The van der Waals surface area contributed by atoms with Gasteiger partial charge in [0.05, 0.1) is 5.69 Å². The smallest absolute Gasteiger partial charge is 0.260 e. The molecule has 0 aliphatic carbocycles. The lowest BCUT2D eigenvalue weighted by Crippen LogP contribution is -2.39. The number of nitrogens with one attached hydrogen (secondary N) is 2. The molecule has 2 N–H and O–H groups in total. The Morgan fingerprint density at radius 3 is 3.00 bits per heavy atom. The summed E-state index contributed by atoms with van der Waals surface area (Å²) in [6.07, 6.45) is 3.69. The van der Waals surface area contributed by atoms with Crippen LogP contribution in [-0.2, 0) is 10.0 Å². The van der Waals surface area contributed by atoms with Gasteiger partial charge in [-0.05, 0) is 51.4 Å². The summed E-state index contributed by atoms with van der Waals surface area (Å²) in [5, 5.41) is 3.12. The van der Waals surface area contributed by atoms with Gasteiger partial charge in [0, 0.05) is 25.8 Å². The second kappa shape index (κ2) is 7.20. The van der Waals surface area contributed by atoms with Gasteiger partial charge in [0.2, 0.25) is 0 Å². The van der Waals surface area contributed by atoms with Gasteiger partial charge in [0.1, 0.15) is 0 Å². The Labute approximate surface area is 127 Å². The molecule has 0 amide bonds. The van der Waals surface area contributed by atoms with Crippen LogP contribution in [0, 0.1) is 5.92 Å². The summed E-state index contributed by atoms with van der Waals surface area (Å²) in [6.45, 7) is 5.07. The van der Waals surface area contributed by atoms with E-state index >= 15 is 0 Å². The largest absolute Gasteiger partial charge is 0.383 e. The zero-order valence-electron chi connectivity index (χ0n) is 12.7. The van der Waals surface area contributed by atoms with Crippen LogP contribution in [0.2, 0.25) is 0 Å². The number of piperidine rings is 1. The minimum atomic E-state index is -3.57. The van der Waals surface area contributed by atoms with Crippen molar-refractivity contribution in [1.29, 1.82) is 0 Å². The number of hydrogen-bond acceptors (Lipinski definition) is 5. The van der Waals surface area contributed by atoms with E-state index in [1.165, 1.54) is 6.20 Å². The Bertz CT molecular complexity index is 562. The minimum Gasteiger partial charge on any atom is -0.383 e. The topological polar surface area (TPSA) is 74.3 Å². The standard InChI is InChI=1S/C14H24N4O2S/c1-3-15-13-7-4-8-16-14(13)21(19,20)17-10-12-6-5-9-18(2)11-12/h4,7-8,12,15,17H,3,5-6,9-11H2,1-2H3. The van der Waals surface area contributed by atoms with Crippen molar-refractivity contribution < 1.29 is 8.42 Å². The molecule has 0 spiro atoms. The minimum absolute atomic E-state index is 0.0796. The molecule has 21 heavy (non-hydrogen) atoms. The van der Waals surface area contributed by atoms with Crippen molar-refractivity contribution in [3.63, 3.8) is 0 Å². The maximum absolute atomic E-state index is 12.4. The highest BCUT2D eigenvalue weighted by molar-refractivity contribution is 7.89. The number of sulfonamides is 1. The summed E-state index contributed by atoms with van der Waals surface area (Å²) in [5.74, 6) is 0.366. The van der Waals surface area contributed by atoms with Gasteiger partial charge in [0.15, 0.2) is 5.03 Å². The van der Waals surface area contributed by atoms with Crippen LogP contribution in [0.4, 0.5) is 5.69 Å². The van der Waals surface area contributed by atoms with E-state index in [0.717, 1.165) is 25.9 Å². The second-order valence-corrected chi connectivity index (χ2v) is 7.19. The highest BCUT2D eigenvalue weighted by atomic mass is 32.2. The molecule has 1 aromatic rings. The SMILES string of the molecule is CCNc1cccnc1S(=O)(=O)NCC1CCCN(C)C1. The fourth-order valence-corrected chi connectivity index (χ4v) is 3.89. The van der Waals surface area contributed by atoms with Gasteiger partial charge in [0.25, 0.3) is 10.0 Å². The van der Waals surface area contributed by atoms with Crippen LogP contribution in [0.1, 0.15) is 19.8 Å². The summed E-state index contributed by atoms with van der Waals surface area (Å²) in [4.78, 5) is 6.27. The van der Waals surface area contributed by atoms with Crippen molar-refractivity contribution in [2.45, 2.75) is 24.8 Å². The normalized spacial score (nSPS) is 20.4. The second-order valence-electron chi connectivity index (χ2n) is 5.51. The average Bonchev–Trinajstić information content (AvgIpc) is 2.46. The van der Waals surface area contributed by atoms with Gasteiger partial charge >= 0.3 is 0 Å². The van der Waals surface area contributed by atoms with Crippen LogP contribution in [-0.4, -0.2) is 51.5 Å². The maximum Gasteiger partial charge on any atom is 0.260 e. The van der Waals surface area contributed by atoms with Crippen molar-refractivity contribution >= 4 is 15.7 Å². The van der Waals surface area contributed by atoms with Crippen LogP contribution in [0.5, 0.6) is 0 Å². The fraction of sp³-hybridized carbons (Fsp3) is 0.643. The van der Waals surface area contributed by atoms with Gasteiger partial charge < -0.3 is 10.2 Å². The number of likely N-dealkylation sites (tertiary alicyclic amines) is 1. The third-order valence-electron chi connectivity index (χ3n) is 3.68. The van der Waals surface area contributed by atoms with Gasteiger partial charge in [-0.2, -0.15) is 0 Å². The quantitative estimate of drug-likeness (QED) is 0.824. The van der Waals surface area contributed by atoms with E-state index in [0.29, 0.717) is 24.7 Å². The van der Waals surface area contributed by atoms with Crippen molar-refractivity contribution in [2.24, 2.45) is 5.92 Å². The van der Waals surface area contributed by atoms with Crippen LogP contribution in [0.3, 0.4) is 0 Å². The third-order valence-corrected chi connectivity index (χ3v) is 5.06. The molecule has 1 unspecified atom stereocenters. The molecule has 0 aromatic carbocycles. The molecular formula is C14H24N4O2S. The molecule has 1 atom stereocenters. The lowest BCUT2D eigenvalue weighted by atomic mass is 9.99. The molecule has 0 bridgehead atoms. The first-order valence-corrected chi connectivity index (χ1v) is 8.88. The molecule has 0 saturated carbocycles. The summed E-state index contributed by atoms with van der Waals surface area (Å²) >= 11 is 0. The molecule has 2 rings (SSSR count). The Balaban J connectivity index is 2.04. The predicted octanol–water partition coefficient (Wildman–Crippen LogP) is 1.13. The average molecular weight is 312 g/mol. The highest BCUT2D eigenvalue weighted by Crippen LogP contribution is 2.19. The maximum atomic E-state index is 12.4. The first kappa shape index (κ1) is 16.2. The number of anilines is 1. The molecular weight excluding hydrogens is 288 g/mol. The monoisotopic (exact) mass is 312 g/mol. The van der Waals surface area contributed by atoms with Crippen molar-refractivity contribution in [3.8, 4) is 0 Å². The Hall–Kier alpha value is -1.18. The zero-order valence-corrected chi connectivity index (χ0v) is 13.5. The Morgan fingerprint density at radius 1 is 1.48 bits per heavy atom. The molecule has 6 nitrogen and oxygen atoms in total. The number of hydrogen-bond donors (Lipinski definition) is 2. The van der Waals surface area contributed by atoms with Gasteiger partial charge in [-0.1, -0.05) is 0 Å². The number of pyridine rings is 1. The van der Waals surface area contributed by atoms with E-state index in [1.54, 1.807) is 12.1 Å². The van der Waals surface area contributed by atoms with E-state index in [1.807, 2.05) is 6.92 Å². The van der Waals surface area contributed by atoms with Gasteiger partial charge in [-0.15, -0.1) is 0 Å². The number of nitrogens with zero attached hydrogens (tertiary/aromatic N) is 2. The molecule has 0 radical (unpaired) electrons. The van der Waals surface area contributed by atoms with Gasteiger partial charge in [-0.25, -0.2) is 18.1 Å². The molecule has 1 aliphatic rings. The number of aromatic nitrogens is 1. The van der Waals surface area contributed by atoms with Crippen LogP contribution >= 0.6 is 0 Å². The van der Waals surface area contributed by atoms with Crippen molar-refractivity contribution in [2.75, 3.05) is 38.5 Å². The molecule has 1 aromatic heterocycles. The first-order chi connectivity index (χ1) is 10.0.